The van der Waals surface area contributed by atoms with Crippen molar-refractivity contribution < 1.29 is 9.26 Å². The minimum Gasteiger partial charge on any atom is -0.370 e. The van der Waals surface area contributed by atoms with Crippen molar-refractivity contribution in [1.82, 2.24) is 10.1 Å². The second-order valence-corrected chi connectivity index (χ2v) is 5.01. The van der Waals surface area contributed by atoms with Gasteiger partial charge < -0.3 is 15.0 Å². The lowest BCUT2D eigenvalue weighted by molar-refractivity contribution is 0.104. The smallest absolute Gasteiger partial charge is 0.252 e. The number of hydrogen-bond donors (Lipinski definition) is 1. The first-order valence-electron chi connectivity index (χ1n) is 7.43. The van der Waals surface area contributed by atoms with Crippen LogP contribution in [0.25, 0.3) is 0 Å². The molecule has 5 nitrogen and oxygen atoms in total. The van der Waals surface area contributed by atoms with Crippen LogP contribution in [0.2, 0.25) is 0 Å². The maximum Gasteiger partial charge on any atom is 0.252 e. The second kappa shape index (κ2) is 7.33. The fourth-order valence-electron chi connectivity index (χ4n) is 2.61. The number of nitrogens with zero attached hydrogens (tertiary/aromatic N) is 2. The summed E-state index contributed by atoms with van der Waals surface area (Å²) in [5.41, 5.74) is 6.40. The molecule has 0 aliphatic carbocycles. The topological polar surface area (TPSA) is 74.2 Å². The van der Waals surface area contributed by atoms with Crippen molar-refractivity contribution in [2.24, 2.45) is 5.73 Å². The number of ether oxygens (including phenoxy) is 1. The Morgan fingerprint density at radius 2 is 1.90 bits per heavy atom. The Bertz CT molecular complexity index is 535. The maximum absolute atomic E-state index is 5.39. The van der Waals surface area contributed by atoms with Crippen LogP contribution in [0.1, 0.15) is 44.0 Å². The Labute approximate surface area is 125 Å². The number of nitrogens with two attached hydrogens (primary N) is 1. The average molecular weight is 289 g/mol. The minimum absolute atomic E-state index is 0.211. The van der Waals surface area contributed by atoms with E-state index in [-0.39, 0.29) is 5.41 Å². The zero-order valence-corrected chi connectivity index (χ0v) is 12.7. The van der Waals surface area contributed by atoms with Gasteiger partial charge in [-0.25, -0.2) is 0 Å². The lowest BCUT2D eigenvalue weighted by Gasteiger charge is -2.28. The van der Waals surface area contributed by atoms with Crippen LogP contribution in [0.3, 0.4) is 0 Å². The predicted octanol–water partition coefficient (Wildman–Crippen LogP) is 2.65. The first kappa shape index (κ1) is 15.7. The Hall–Kier alpha value is -1.72. The molecule has 2 N–H and O–H groups in total. The molecule has 114 valence electrons. The largest absolute Gasteiger partial charge is 0.370 e. The highest BCUT2D eigenvalue weighted by molar-refractivity contribution is 5.32. The van der Waals surface area contributed by atoms with Gasteiger partial charge in [0.15, 0.2) is 5.82 Å². The molecule has 0 fully saturated rings. The van der Waals surface area contributed by atoms with Gasteiger partial charge in [0.2, 0.25) is 0 Å². The van der Waals surface area contributed by atoms with Gasteiger partial charge in [0, 0.05) is 6.54 Å². The van der Waals surface area contributed by atoms with Crippen LogP contribution in [0.4, 0.5) is 0 Å². The summed E-state index contributed by atoms with van der Waals surface area (Å²) in [6.45, 7) is 5.58. The first-order chi connectivity index (χ1) is 10.3. The molecule has 0 saturated heterocycles. The summed E-state index contributed by atoms with van der Waals surface area (Å²) in [7, 11) is 0. The van der Waals surface area contributed by atoms with E-state index >= 15 is 0 Å². The summed E-state index contributed by atoms with van der Waals surface area (Å²) in [6, 6.07) is 10.3. The zero-order valence-electron chi connectivity index (χ0n) is 12.7. The Morgan fingerprint density at radius 1 is 1.19 bits per heavy atom. The van der Waals surface area contributed by atoms with E-state index in [1.807, 2.05) is 18.2 Å². The van der Waals surface area contributed by atoms with Gasteiger partial charge in [-0.2, -0.15) is 4.98 Å². The van der Waals surface area contributed by atoms with E-state index in [1.165, 1.54) is 5.56 Å². The van der Waals surface area contributed by atoms with E-state index in [4.69, 9.17) is 15.0 Å². The lowest BCUT2D eigenvalue weighted by Crippen LogP contribution is -2.27. The van der Waals surface area contributed by atoms with Crippen LogP contribution in [-0.2, 0) is 16.8 Å². The molecule has 5 heteroatoms. The van der Waals surface area contributed by atoms with Gasteiger partial charge in [-0.3, -0.25) is 0 Å². The van der Waals surface area contributed by atoms with Crippen LogP contribution >= 0.6 is 0 Å². The van der Waals surface area contributed by atoms with Crippen LogP contribution in [0, 0.1) is 0 Å². The highest BCUT2D eigenvalue weighted by atomic mass is 16.5. The van der Waals surface area contributed by atoms with Gasteiger partial charge in [-0.05, 0) is 18.4 Å². The van der Waals surface area contributed by atoms with E-state index < -0.39 is 0 Å². The third-order valence-electron chi connectivity index (χ3n) is 3.92. The van der Waals surface area contributed by atoms with Crippen LogP contribution in [-0.4, -0.2) is 23.3 Å². The summed E-state index contributed by atoms with van der Waals surface area (Å²) in [5, 5.41) is 4.19. The molecule has 0 radical (unpaired) electrons. The summed E-state index contributed by atoms with van der Waals surface area (Å²) in [5.74, 6) is 1.23. The SMILES string of the molecule is CCC(CC)(c1ccccc1)c1noc(COCCN)n1. The molecule has 0 spiro atoms. The van der Waals surface area contributed by atoms with Crippen LogP contribution in [0.5, 0.6) is 0 Å². The number of rotatable bonds is 8. The Balaban J connectivity index is 2.27. The highest BCUT2D eigenvalue weighted by Crippen LogP contribution is 2.36. The maximum atomic E-state index is 5.39. The summed E-state index contributed by atoms with van der Waals surface area (Å²) in [4.78, 5) is 4.53. The molecule has 0 aliphatic heterocycles. The minimum atomic E-state index is -0.211. The van der Waals surface area contributed by atoms with E-state index in [0.29, 0.717) is 25.6 Å². The molecule has 1 aromatic heterocycles. The third kappa shape index (κ3) is 3.31. The normalized spacial score (nSPS) is 11.8. The number of hydrogen-bond acceptors (Lipinski definition) is 5. The second-order valence-electron chi connectivity index (χ2n) is 5.01. The van der Waals surface area contributed by atoms with E-state index in [2.05, 4.69) is 36.1 Å². The molecule has 21 heavy (non-hydrogen) atoms. The quantitative estimate of drug-likeness (QED) is 0.756. The van der Waals surface area contributed by atoms with Gasteiger partial charge in [0.25, 0.3) is 5.89 Å². The zero-order chi connectivity index (χ0) is 15.1. The molecular weight excluding hydrogens is 266 g/mol. The standard InChI is InChI=1S/C16H23N3O2/c1-3-16(4-2,13-8-6-5-7-9-13)15-18-14(21-19-15)12-20-11-10-17/h5-9H,3-4,10-12,17H2,1-2H3. The van der Waals surface area contributed by atoms with E-state index in [0.717, 1.165) is 18.7 Å². The van der Waals surface area contributed by atoms with E-state index in [1.54, 1.807) is 0 Å². The molecule has 0 aliphatic rings. The molecule has 0 unspecified atom stereocenters. The van der Waals surface area contributed by atoms with Crippen molar-refractivity contribution in [1.29, 1.82) is 0 Å². The molecule has 0 bridgehead atoms. The predicted molar refractivity (Wildman–Crippen MR) is 80.8 cm³/mol. The third-order valence-corrected chi connectivity index (χ3v) is 3.92. The number of aromatic nitrogens is 2. The lowest BCUT2D eigenvalue weighted by atomic mass is 9.75. The summed E-state index contributed by atoms with van der Waals surface area (Å²) in [6.07, 6.45) is 1.83. The van der Waals surface area contributed by atoms with Crippen LogP contribution in [0.15, 0.2) is 34.9 Å². The van der Waals surface area contributed by atoms with Gasteiger partial charge in [0.05, 0.1) is 12.0 Å². The van der Waals surface area contributed by atoms with Gasteiger partial charge in [-0.15, -0.1) is 0 Å². The van der Waals surface area contributed by atoms with Crippen molar-refractivity contribution in [2.45, 2.75) is 38.7 Å². The fraction of sp³-hybridized carbons (Fsp3) is 0.500. The van der Waals surface area contributed by atoms with Crippen LogP contribution < -0.4 is 5.73 Å². The van der Waals surface area contributed by atoms with E-state index in [9.17, 15) is 0 Å². The van der Waals surface area contributed by atoms with Gasteiger partial charge in [-0.1, -0.05) is 49.3 Å². The summed E-state index contributed by atoms with van der Waals surface area (Å²) >= 11 is 0. The van der Waals surface area contributed by atoms with Crippen molar-refractivity contribution >= 4 is 0 Å². The Morgan fingerprint density at radius 3 is 2.52 bits per heavy atom. The fourth-order valence-corrected chi connectivity index (χ4v) is 2.61. The molecule has 1 heterocycles. The molecule has 0 atom stereocenters. The molecule has 2 rings (SSSR count). The van der Waals surface area contributed by atoms with Crippen molar-refractivity contribution in [3.05, 3.63) is 47.6 Å². The molecule has 0 amide bonds. The monoisotopic (exact) mass is 289 g/mol. The summed E-state index contributed by atoms with van der Waals surface area (Å²) < 4.78 is 10.7. The van der Waals surface area contributed by atoms with Crippen molar-refractivity contribution in [3.63, 3.8) is 0 Å². The molecule has 1 aromatic carbocycles. The van der Waals surface area contributed by atoms with Gasteiger partial charge >= 0.3 is 0 Å². The average Bonchev–Trinajstić information content (AvgIpc) is 3.00. The van der Waals surface area contributed by atoms with Crippen molar-refractivity contribution in [2.75, 3.05) is 13.2 Å². The molecule has 2 aromatic rings. The highest BCUT2D eigenvalue weighted by Gasteiger charge is 2.35. The number of benzene rings is 1. The Kier molecular flexibility index (Phi) is 5.47. The molecule has 0 saturated carbocycles. The van der Waals surface area contributed by atoms with Gasteiger partial charge in [0.1, 0.15) is 6.61 Å². The first-order valence-corrected chi connectivity index (χ1v) is 7.43. The molecular formula is C16H23N3O2. The van der Waals surface area contributed by atoms with Crippen molar-refractivity contribution in [3.8, 4) is 0 Å².